The van der Waals surface area contributed by atoms with Crippen LogP contribution in [0.2, 0.25) is 0 Å². The second kappa shape index (κ2) is 7.21. The van der Waals surface area contributed by atoms with Gasteiger partial charge in [-0.2, -0.15) is 0 Å². The number of fused-ring (bicyclic) bond motifs is 1. The van der Waals surface area contributed by atoms with Crippen LogP contribution >= 0.6 is 0 Å². The monoisotopic (exact) mass is 336 g/mol. The van der Waals surface area contributed by atoms with E-state index in [0.29, 0.717) is 0 Å². The fourth-order valence-electron chi connectivity index (χ4n) is 3.21. The molecular formula is C19H24N6. The maximum absolute atomic E-state index is 4.76. The molecule has 1 aromatic carbocycles. The number of nitrogens with one attached hydrogen (secondary N) is 2. The molecule has 25 heavy (non-hydrogen) atoms. The molecule has 3 heterocycles. The number of H-pyrrole nitrogens is 1. The largest absolute Gasteiger partial charge is 0.368 e. The summed E-state index contributed by atoms with van der Waals surface area (Å²) in [5, 5.41) is 4.59. The van der Waals surface area contributed by atoms with Crippen LogP contribution in [-0.4, -0.2) is 71.1 Å². The van der Waals surface area contributed by atoms with Crippen LogP contribution in [0.1, 0.15) is 0 Å². The van der Waals surface area contributed by atoms with E-state index in [2.05, 4.69) is 38.2 Å². The van der Waals surface area contributed by atoms with Gasteiger partial charge in [0.2, 0.25) is 0 Å². The molecule has 1 fully saturated rings. The van der Waals surface area contributed by atoms with Crippen LogP contribution in [0.5, 0.6) is 0 Å². The Morgan fingerprint density at radius 1 is 1.04 bits per heavy atom. The molecule has 0 bridgehead atoms. The summed E-state index contributed by atoms with van der Waals surface area (Å²) in [7, 11) is 2.19. The normalized spacial score (nSPS) is 16.4. The summed E-state index contributed by atoms with van der Waals surface area (Å²) in [6.07, 6.45) is 1.90. The standard InChI is InChI=1S/C19H24N6/c1-24-11-13-25(14-12-24)10-9-21-18-15-5-2-3-6-16(15)22-19(23-18)17-7-4-8-20-17/h2-8,20H,9-14H2,1H3,(H,21,22,23). The van der Waals surface area contributed by atoms with Crippen LogP contribution in [0.15, 0.2) is 42.6 Å². The van der Waals surface area contributed by atoms with Crippen LogP contribution in [0.3, 0.4) is 0 Å². The first-order valence-corrected chi connectivity index (χ1v) is 8.85. The predicted octanol–water partition coefficient (Wildman–Crippen LogP) is 2.28. The van der Waals surface area contributed by atoms with Gasteiger partial charge in [-0.3, -0.25) is 4.90 Å². The average molecular weight is 336 g/mol. The molecule has 0 atom stereocenters. The minimum Gasteiger partial charge on any atom is -0.368 e. The molecule has 6 nitrogen and oxygen atoms in total. The van der Waals surface area contributed by atoms with Crippen molar-refractivity contribution in [2.45, 2.75) is 0 Å². The minimum absolute atomic E-state index is 0.728. The molecule has 1 aliphatic rings. The Hall–Kier alpha value is -2.44. The zero-order chi connectivity index (χ0) is 17.1. The van der Waals surface area contributed by atoms with Gasteiger partial charge in [-0.1, -0.05) is 12.1 Å². The van der Waals surface area contributed by atoms with E-state index in [9.17, 15) is 0 Å². The molecule has 1 saturated heterocycles. The van der Waals surface area contributed by atoms with E-state index in [1.54, 1.807) is 0 Å². The summed E-state index contributed by atoms with van der Waals surface area (Å²) in [4.78, 5) is 17.5. The lowest BCUT2D eigenvalue weighted by atomic mass is 10.2. The zero-order valence-electron chi connectivity index (χ0n) is 14.6. The van der Waals surface area contributed by atoms with Crippen LogP contribution in [0.25, 0.3) is 22.4 Å². The Labute approximate surface area is 147 Å². The fourth-order valence-corrected chi connectivity index (χ4v) is 3.21. The van der Waals surface area contributed by atoms with Crippen LogP contribution in [-0.2, 0) is 0 Å². The maximum atomic E-state index is 4.76. The van der Waals surface area contributed by atoms with E-state index < -0.39 is 0 Å². The summed E-state index contributed by atoms with van der Waals surface area (Å²) >= 11 is 0. The number of piperazine rings is 1. The van der Waals surface area contributed by atoms with E-state index in [4.69, 9.17) is 4.98 Å². The van der Waals surface area contributed by atoms with Crippen molar-refractivity contribution in [2.24, 2.45) is 0 Å². The number of anilines is 1. The number of hydrogen-bond donors (Lipinski definition) is 2. The Kier molecular flexibility index (Phi) is 4.63. The van der Waals surface area contributed by atoms with Gasteiger partial charge in [0.25, 0.3) is 0 Å². The Balaban J connectivity index is 1.51. The summed E-state index contributed by atoms with van der Waals surface area (Å²) in [6, 6.07) is 12.1. The second-order valence-corrected chi connectivity index (χ2v) is 6.57. The van der Waals surface area contributed by atoms with E-state index in [-0.39, 0.29) is 0 Å². The molecule has 2 N–H and O–H groups in total. The van der Waals surface area contributed by atoms with Crippen molar-refractivity contribution in [3.8, 4) is 11.5 Å². The third-order valence-corrected chi connectivity index (χ3v) is 4.76. The highest BCUT2D eigenvalue weighted by Gasteiger charge is 2.14. The summed E-state index contributed by atoms with van der Waals surface area (Å²) in [5.41, 5.74) is 1.90. The third kappa shape index (κ3) is 3.65. The highest BCUT2D eigenvalue weighted by molar-refractivity contribution is 5.90. The Morgan fingerprint density at radius 2 is 1.88 bits per heavy atom. The lowest BCUT2D eigenvalue weighted by Gasteiger charge is -2.32. The highest BCUT2D eigenvalue weighted by Crippen LogP contribution is 2.23. The van der Waals surface area contributed by atoms with Crippen molar-refractivity contribution in [3.63, 3.8) is 0 Å². The first kappa shape index (κ1) is 16.1. The smallest absolute Gasteiger partial charge is 0.178 e. The second-order valence-electron chi connectivity index (χ2n) is 6.57. The Morgan fingerprint density at radius 3 is 2.68 bits per heavy atom. The molecule has 0 spiro atoms. The molecule has 0 unspecified atom stereocenters. The molecule has 0 aliphatic carbocycles. The van der Waals surface area contributed by atoms with Gasteiger partial charge in [-0.25, -0.2) is 9.97 Å². The van der Waals surface area contributed by atoms with Crippen LogP contribution in [0.4, 0.5) is 5.82 Å². The van der Waals surface area contributed by atoms with E-state index in [1.165, 1.54) is 0 Å². The SMILES string of the molecule is CN1CCN(CCNc2nc(-c3ccc[nH]3)nc3ccccc23)CC1. The van der Waals surface area contributed by atoms with Crippen molar-refractivity contribution >= 4 is 16.7 Å². The molecule has 6 heteroatoms. The molecule has 1 aliphatic heterocycles. The molecule has 130 valence electrons. The van der Waals surface area contributed by atoms with Crippen molar-refractivity contribution < 1.29 is 0 Å². The molecule has 0 amide bonds. The lowest BCUT2D eigenvalue weighted by Crippen LogP contribution is -2.45. The van der Waals surface area contributed by atoms with Gasteiger partial charge in [-0.15, -0.1) is 0 Å². The number of hydrogen-bond acceptors (Lipinski definition) is 5. The zero-order valence-corrected chi connectivity index (χ0v) is 14.6. The number of likely N-dealkylation sites (N-methyl/N-ethyl adjacent to an activating group) is 1. The minimum atomic E-state index is 0.728. The summed E-state index contributed by atoms with van der Waals surface area (Å²) in [6.45, 7) is 6.48. The average Bonchev–Trinajstić information content (AvgIpc) is 3.18. The van der Waals surface area contributed by atoms with Gasteiger partial charge in [0.05, 0.1) is 11.2 Å². The quantitative estimate of drug-likeness (QED) is 0.749. The lowest BCUT2D eigenvalue weighted by molar-refractivity contribution is 0.158. The van der Waals surface area contributed by atoms with Crippen molar-refractivity contribution in [1.29, 1.82) is 0 Å². The van der Waals surface area contributed by atoms with Gasteiger partial charge >= 0.3 is 0 Å². The van der Waals surface area contributed by atoms with Crippen molar-refractivity contribution in [2.75, 3.05) is 51.6 Å². The van der Waals surface area contributed by atoms with Gasteiger partial charge in [-0.05, 0) is 31.3 Å². The topological polar surface area (TPSA) is 60.1 Å². The van der Waals surface area contributed by atoms with E-state index in [0.717, 1.165) is 67.5 Å². The van der Waals surface area contributed by atoms with Gasteiger partial charge < -0.3 is 15.2 Å². The first-order chi connectivity index (χ1) is 12.3. The van der Waals surface area contributed by atoms with Gasteiger partial charge in [0.15, 0.2) is 5.82 Å². The number of aromatic amines is 1. The number of rotatable bonds is 5. The van der Waals surface area contributed by atoms with E-state index >= 15 is 0 Å². The summed E-state index contributed by atoms with van der Waals surface area (Å²) in [5.74, 6) is 1.63. The predicted molar refractivity (Wildman–Crippen MR) is 102 cm³/mol. The fraction of sp³-hybridized carbons (Fsp3) is 0.368. The third-order valence-electron chi connectivity index (χ3n) is 4.76. The molecule has 0 radical (unpaired) electrons. The molecular weight excluding hydrogens is 312 g/mol. The van der Waals surface area contributed by atoms with Gasteiger partial charge in [0.1, 0.15) is 5.82 Å². The number of para-hydroxylation sites is 1. The number of benzene rings is 1. The van der Waals surface area contributed by atoms with Crippen molar-refractivity contribution in [3.05, 3.63) is 42.6 Å². The number of nitrogens with zero attached hydrogens (tertiary/aromatic N) is 4. The van der Waals surface area contributed by atoms with Crippen molar-refractivity contribution in [1.82, 2.24) is 24.8 Å². The molecule has 2 aromatic heterocycles. The maximum Gasteiger partial charge on any atom is 0.178 e. The van der Waals surface area contributed by atoms with Gasteiger partial charge in [0, 0.05) is 50.9 Å². The Bertz CT molecular complexity index is 821. The van der Waals surface area contributed by atoms with Crippen LogP contribution < -0.4 is 5.32 Å². The first-order valence-electron chi connectivity index (χ1n) is 8.85. The molecule has 3 aromatic rings. The molecule has 0 saturated carbocycles. The van der Waals surface area contributed by atoms with E-state index in [1.807, 2.05) is 36.5 Å². The highest BCUT2D eigenvalue weighted by atomic mass is 15.2. The molecule has 4 rings (SSSR count). The number of aromatic nitrogens is 3. The van der Waals surface area contributed by atoms with Crippen LogP contribution in [0, 0.1) is 0 Å². The summed E-state index contributed by atoms with van der Waals surface area (Å²) < 4.78 is 0.